The van der Waals surface area contributed by atoms with Crippen LogP contribution in [0.4, 0.5) is 17.6 Å². The maximum Gasteiger partial charge on any atom is 0.416 e. The van der Waals surface area contributed by atoms with Crippen molar-refractivity contribution in [2.45, 2.75) is 19.0 Å². The maximum atomic E-state index is 13.1. The fraction of sp³-hybridized carbons (Fsp3) is 0.400. The van der Waals surface area contributed by atoms with Gasteiger partial charge in [-0.15, -0.1) is 0 Å². The number of aryl methyl sites for hydroxylation is 1. The Morgan fingerprint density at radius 1 is 1.20 bits per heavy atom. The smallest absolute Gasteiger partial charge is 0.396 e. The third kappa shape index (κ3) is 3.20. The van der Waals surface area contributed by atoms with Crippen molar-refractivity contribution in [2.24, 2.45) is 0 Å². The third-order valence-corrected chi connectivity index (χ3v) is 1.98. The standard InChI is InChI=1S/C10H10F4O/c11-9-6-8(10(12,13)14)4-3-7(9)2-1-5-15/h3-4,6,15H,1-2,5H2. The van der Waals surface area contributed by atoms with Gasteiger partial charge in [-0.05, 0) is 30.5 Å². The fourth-order valence-electron chi connectivity index (χ4n) is 1.20. The van der Waals surface area contributed by atoms with E-state index in [1.54, 1.807) is 0 Å². The molecule has 84 valence electrons. The average Bonchev–Trinajstić information content (AvgIpc) is 2.14. The molecule has 0 heterocycles. The van der Waals surface area contributed by atoms with Gasteiger partial charge in [-0.3, -0.25) is 0 Å². The Kier molecular flexibility index (Phi) is 3.68. The lowest BCUT2D eigenvalue weighted by Crippen LogP contribution is -2.06. The summed E-state index contributed by atoms with van der Waals surface area (Å²) in [4.78, 5) is 0. The van der Waals surface area contributed by atoms with E-state index in [4.69, 9.17) is 5.11 Å². The first-order valence-electron chi connectivity index (χ1n) is 4.41. The molecule has 0 radical (unpaired) electrons. The molecule has 0 unspecified atom stereocenters. The van der Waals surface area contributed by atoms with Crippen molar-refractivity contribution >= 4 is 0 Å². The summed E-state index contributed by atoms with van der Waals surface area (Å²) in [6, 6.07) is 2.43. The molecular formula is C10H10F4O. The minimum Gasteiger partial charge on any atom is -0.396 e. The van der Waals surface area contributed by atoms with E-state index in [1.807, 2.05) is 0 Å². The minimum atomic E-state index is -4.52. The highest BCUT2D eigenvalue weighted by atomic mass is 19.4. The van der Waals surface area contributed by atoms with Crippen molar-refractivity contribution in [2.75, 3.05) is 6.61 Å². The Bertz CT molecular complexity index is 333. The van der Waals surface area contributed by atoms with Gasteiger partial charge in [0, 0.05) is 6.61 Å². The zero-order valence-corrected chi connectivity index (χ0v) is 7.81. The molecule has 0 aliphatic carbocycles. The average molecular weight is 222 g/mol. The van der Waals surface area contributed by atoms with Gasteiger partial charge in [0.2, 0.25) is 0 Å². The topological polar surface area (TPSA) is 20.2 Å². The van der Waals surface area contributed by atoms with E-state index >= 15 is 0 Å². The summed E-state index contributed by atoms with van der Waals surface area (Å²) >= 11 is 0. The lowest BCUT2D eigenvalue weighted by atomic mass is 10.1. The molecule has 1 rings (SSSR count). The van der Waals surface area contributed by atoms with E-state index in [-0.39, 0.29) is 18.6 Å². The molecule has 1 aromatic carbocycles. The number of hydrogen-bond donors (Lipinski definition) is 1. The van der Waals surface area contributed by atoms with Crippen LogP contribution in [-0.4, -0.2) is 11.7 Å². The van der Waals surface area contributed by atoms with Gasteiger partial charge in [0.15, 0.2) is 0 Å². The zero-order chi connectivity index (χ0) is 11.5. The lowest BCUT2D eigenvalue weighted by molar-refractivity contribution is -0.137. The Morgan fingerprint density at radius 2 is 1.87 bits per heavy atom. The van der Waals surface area contributed by atoms with E-state index < -0.39 is 17.6 Å². The highest BCUT2D eigenvalue weighted by Gasteiger charge is 2.30. The van der Waals surface area contributed by atoms with Gasteiger partial charge >= 0.3 is 6.18 Å². The van der Waals surface area contributed by atoms with E-state index in [1.165, 1.54) is 0 Å². The van der Waals surface area contributed by atoms with Crippen molar-refractivity contribution in [3.63, 3.8) is 0 Å². The summed E-state index contributed by atoms with van der Waals surface area (Å²) in [6.07, 6.45) is -3.95. The Labute approximate surface area is 84.3 Å². The molecule has 1 nitrogen and oxygen atoms in total. The second kappa shape index (κ2) is 4.61. The van der Waals surface area contributed by atoms with E-state index in [9.17, 15) is 17.6 Å². The van der Waals surface area contributed by atoms with Gasteiger partial charge in [0.1, 0.15) is 5.82 Å². The number of aliphatic hydroxyl groups is 1. The summed E-state index contributed by atoms with van der Waals surface area (Å²) in [5, 5.41) is 8.50. The van der Waals surface area contributed by atoms with Gasteiger partial charge < -0.3 is 5.11 Å². The van der Waals surface area contributed by atoms with Crippen LogP contribution in [0.1, 0.15) is 17.5 Å². The molecule has 0 aromatic heterocycles. The fourth-order valence-corrected chi connectivity index (χ4v) is 1.20. The number of benzene rings is 1. The van der Waals surface area contributed by atoms with Crippen molar-refractivity contribution in [1.29, 1.82) is 0 Å². The van der Waals surface area contributed by atoms with Crippen molar-refractivity contribution in [3.8, 4) is 0 Å². The molecule has 5 heteroatoms. The first-order valence-corrected chi connectivity index (χ1v) is 4.41. The molecule has 0 saturated carbocycles. The summed E-state index contributed by atoms with van der Waals surface area (Å²) in [6.45, 7) is -0.111. The largest absolute Gasteiger partial charge is 0.416 e. The molecule has 0 fully saturated rings. The number of halogens is 4. The lowest BCUT2D eigenvalue weighted by Gasteiger charge is -2.08. The molecule has 1 aromatic rings. The summed E-state index contributed by atoms with van der Waals surface area (Å²) < 4.78 is 49.6. The van der Waals surface area contributed by atoms with Gasteiger partial charge in [-0.2, -0.15) is 13.2 Å². The Morgan fingerprint density at radius 3 is 2.33 bits per heavy atom. The molecular weight excluding hydrogens is 212 g/mol. The highest BCUT2D eigenvalue weighted by Crippen LogP contribution is 2.30. The van der Waals surface area contributed by atoms with Crippen LogP contribution in [0, 0.1) is 5.82 Å². The van der Waals surface area contributed by atoms with Crippen molar-refractivity contribution in [1.82, 2.24) is 0 Å². The summed E-state index contributed by atoms with van der Waals surface area (Å²) in [5.74, 6) is -0.877. The zero-order valence-electron chi connectivity index (χ0n) is 7.81. The third-order valence-electron chi connectivity index (χ3n) is 1.98. The number of alkyl halides is 3. The Hall–Kier alpha value is -1.10. The van der Waals surface area contributed by atoms with Gasteiger partial charge in [0.25, 0.3) is 0 Å². The molecule has 0 bridgehead atoms. The number of hydrogen-bond acceptors (Lipinski definition) is 1. The quantitative estimate of drug-likeness (QED) is 0.779. The molecule has 0 aliphatic rings. The molecule has 0 aliphatic heterocycles. The van der Waals surface area contributed by atoms with Gasteiger partial charge in [-0.25, -0.2) is 4.39 Å². The van der Waals surface area contributed by atoms with Crippen LogP contribution in [0.2, 0.25) is 0 Å². The van der Waals surface area contributed by atoms with Gasteiger partial charge in [-0.1, -0.05) is 6.07 Å². The van der Waals surface area contributed by atoms with Crippen LogP contribution in [0.15, 0.2) is 18.2 Å². The number of rotatable bonds is 3. The first-order chi connectivity index (χ1) is 6.95. The van der Waals surface area contributed by atoms with E-state index in [0.717, 1.165) is 12.1 Å². The minimum absolute atomic E-state index is 0.111. The molecule has 0 spiro atoms. The summed E-state index contributed by atoms with van der Waals surface area (Å²) in [7, 11) is 0. The van der Waals surface area contributed by atoms with Crippen LogP contribution in [0.25, 0.3) is 0 Å². The monoisotopic (exact) mass is 222 g/mol. The molecule has 15 heavy (non-hydrogen) atoms. The normalized spacial score (nSPS) is 11.8. The van der Waals surface area contributed by atoms with E-state index in [0.29, 0.717) is 12.5 Å². The molecule has 0 saturated heterocycles. The molecule has 0 amide bonds. The van der Waals surface area contributed by atoms with Crippen molar-refractivity contribution < 1.29 is 22.7 Å². The highest BCUT2D eigenvalue weighted by molar-refractivity contribution is 5.26. The Balaban J connectivity index is 2.88. The van der Waals surface area contributed by atoms with Crippen LogP contribution < -0.4 is 0 Å². The summed E-state index contributed by atoms with van der Waals surface area (Å²) in [5.41, 5.74) is -0.801. The predicted molar refractivity (Wildman–Crippen MR) is 46.8 cm³/mol. The second-order valence-corrected chi connectivity index (χ2v) is 3.13. The van der Waals surface area contributed by atoms with Crippen LogP contribution in [0.3, 0.4) is 0 Å². The SMILES string of the molecule is OCCCc1ccc(C(F)(F)F)cc1F. The number of aliphatic hydroxyl groups excluding tert-OH is 1. The molecule has 0 atom stereocenters. The van der Waals surface area contributed by atoms with Crippen LogP contribution in [0.5, 0.6) is 0 Å². The predicted octanol–water partition coefficient (Wildman–Crippen LogP) is 2.77. The maximum absolute atomic E-state index is 13.1. The van der Waals surface area contributed by atoms with Gasteiger partial charge in [0.05, 0.1) is 5.56 Å². The van der Waals surface area contributed by atoms with E-state index in [2.05, 4.69) is 0 Å². The van der Waals surface area contributed by atoms with Crippen molar-refractivity contribution in [3.05, 3.63) is 35.1 Å². The second-order valence-electron chi connectivity index (χ2n) is 3.13. The first kappa shape index (κ1) is 12.0. The molecule has 1 N–H and O–H groups in total. The van der Waals surface area contributed by atoms with Crippen LogP contribution in [-0.2, 0) is 12.6 Å². The van der Waals surface area contributed by atoms with Crippen LogP contribution >= 0.6 is 0 Å².